The molecule has 1 heterocycles. The standard InChI is InChI=1S/C24H24N2O3/c27-26(28)21-11-13-22(14-12-21)29-23-15-17-25(18-16-23)24(19-7-3-1-4-8-19)20-9-5-2-6-10-20/h1-14,23-24H,15-18H2. The number of ether oxygens (including phenoxy) is 1. The van der Waals surface area contributed by atoms with Gasteiger partial charge in [0.1, 0.15) is 11.9 Å². The maximum atomic E-state index is 10.8. The minimum atomic E-state index is -0.393. The lowest BCUT2D eigenvalue weighted by atomic mass is 9.94. The molecule has 0 unspecified atom stereocenters. The molecule has 5 heteroatoms. The number of likely N-dealkylation sites (tertiary alicyclic amines) is 1. The topological polar surface area (TPSA) is 55.6 Å². The first kappa shape index (κ1) is 19.2. The summed E-state index contributed by atoms with van der Waals surface area (Å²) in [6, 6.07) is 27.8. The van der Waals surface area contributed by atoms with Crippen molar-refractivity contribution >= 4 is 5.69 Å². The second-order valence-electron chi connectivity index (χ2n) is 7.33. The molecule has 0 radical (unpaired) electrons. The van der Waals surface area contributed by atoms with E-state index < -0.39 is 4.92 Å². The molecule has 0 aliphatic carbocycles. The van der Waals surface area contributed by atoms with Gasteiger partial charge in [-0.1, -0.05) is 60.7 Å². The number of nitro benzene ring substituents is 1. The lowest BCUT2D eigenvalue weighted by Gasteiger charge is -2.38. The molecule has 1 aliphatic heterocycles. The van der Waals surface area contributed by atoms with Gasteiger partial charge in [0, 0.05) is 25.2 Å². The average Bonchev–Trinajstić information content (AvgIpc) is 2.77. The first-order valence-corrected chi connectivity index (χ1v) is 9.96. The molecule has 0 N–H and O–H groups in total. The van der Waals surface area contributed by atoms with Gasteiger partial charge in [0.2, 0.25) is 0 Å². The molecule has 4 rings (SSSR count). The van der Waals surface area contributed by atoms with E-state index >= 15 is 0 Å². The monoisotopic (exact) mass is 388 g/mol. The number of nitro groups is 1. The fourth-order valence-electron chi connectivity index (χ4n) is 3.98. The summed E-state index contributed by atoms with van der Waals surface area (Å²) in [5, 5.41) is 10.8. The van der Waals surface area contributed by atoms with Crippen molar-refractivity contribution < 1.29 is 9.66 Å². The van der Waals surface area contributed by atoms with Crippen LogP contribution in [-0.2, 0) is 0 Å². The molecule has 0 amide bonds. The number of nitrogens with zero attached hydrogens (tertiary/aromatic N) is 2. The van der Waals surface area contributed by atoms with Crippen LogP contribution in [0.5, 0.6) is 5.75 Å². The Kier molecular flexibility index (Phi) is 5.86. The van der Waals surface area contributed by atoms with E-state index in [4.69, 9.17) is 4.74 Å². The van der Waals surface area contributed by atoms with Gasteiger partial charge >= 0.3 is 0 Å². The molecular formula is C24H24N2O3. The summed E-state index contributed by atoms with van der Waals surface area (Å²) >= 11 is 0. The molecule has 3 aromatic carbocycles. The van der Waals surface area contributed by atoms with Gasteiger partial charge in [0.05, 0.1) is 11.0 Å². The Morgan fingerprint density at radius 1 is 0.828 bits per heavy atom. The molecule has 1 saturated heterocycles. The van der Waals surface area contributed by atoms with Crippen LogP contribution in [0.15, 0.2) is 84.9 Å². The largest absolute Gasteiger partial charge is 0.490 e. The van der Waals surface area contributed by atoms with Crippen LogP contribution in [0.3, 0.4) is 0 Å². The lowest BCUT2D eigenvalue weighted by Crippen LogP contribution is -2.40. The Labute approximate surface area is 170 Å². The number of hydrogen-bond acceptors (Lipinski definition) is 4. The highest BCUT2D eigenvalue weighted by Gasteiger charge is 2.28. The summed E-state index contributed by atoms with van der Waals surface area (Å²) in [5.74, 6) is 0.691. The minimum Gasteiger partial charge on any atom is -0.490 e. The van der Waals surface area contributed by atoms with Gasteiger partial charge in [-0.05, 0) is 36.1 Å². The van der Waals surface area contributed by atoms with E-state index in [0.717, 1.165) is 25.9 Å². The molecule has 1 fully saturated rings. The number of benzene rings is 3. The van der Waals surface area contributed by atoms with Crippen LogP contribution in [-0.4, -0.2) is 29.0 Å². The quantitative estimate of drug-likeness (QED) is 0.429. The van der Waals surface area contributed by atoms with Crippen LogP contribution in [0.25, 0.3) is 0 Å². The molecule has 0 saturated carbocycles. The van der Waals surface area contributed by atoms with Gasteiger partial charge in [0.15, 0.2) is 0 Å². The fourth-order valence-corrected chi connectivity index (χ4v) is 3.98. The number of rotatable bonds is 6. The zero-order chi connectivity index (χ0) is 20.1. The SMILES string of the molecule is O=[N+]([O-])c1ccc(OC2CCN(C(c3ccccc3)c3ccccc3)CC2)cc1. The van der Waals surface area contributed by atoms with Gasteiger partial charge in [-0.3, -0.25) is 15.0 Å². The van der Waals surface area contributed by atoms with Crippen molar-refractivity contribution in [2.45, 2.75) is 25.0 Å². The molecule has 0 atom stereocenters. The third-order valence-corrected chi connectivity index (χ3v) is 5.42. The summed E-state index contributed by atoms with van der Waals surface area (Å²) < 4.78 is 6.08. The van der Waals surface area contributed by atoms with Crippen molar-refractivity contribution in [1.29, 1.82) is 0 Å². The minimum absolute atomic E-state index is 0.0840. The van der Waals surface area contributed by atoms with Crippen LogP contribution in [0.2, 0.25) is 0 Å². The van der Waals surface area contributed by atoms with E-state index in [1.54, 1.807) is 12.1 Å². The third-order valence-electron chi connectivity index (χ3n) is 5.42. The molecule has 5 nitrogen and oxygen atoms in total. The summed E-state index contributed by atoms with van der Waals surface area (Å²) in [6.45, 7) is 1.87. The van der Waals surface area contributed by atoms with E-state index in [9.17, 15) is 10.1 Å². The molecule has 0 aromatic heterocycles. The van der Waals surface area contributed by atoms with Crippen molar-refractivity contribution in [3.05, 3.63) is 106 Å². The average molecular weight is 388 g/mol. The van der Waals surface area contributed by atoms with Crippen LogP contribution in [0.1, 0.15) is 30.0 Å². The van der Waals surface area contributed by atoms with E-state index in [1.165, 1.54) is 23.3 Å². The molecule has 3 aromatic rings. The Morgan fingerprint density at radius 2 is 1.34 bits per heavy atom. The number of hydrogen-bond donors (Lipinski definition) is 0. The second-order valence-corrected chi connectivity index (χ2v) is 7.33. The van der Waals surface area contributed by atoms with E-state index in [-0.39, 0.29) is 17.8 Å². The van der Waals surface area contributed by atoms with Gasteiger partial charge in [-0.2, -0.15) is 0 Å². The van der Waals surface area contributed by atoms with Gasteiger partial charge in [0.25, 0.3) is 5.69 Å². The normalized spacial score (nSPS) is 15.3. The molecule has 0 bridgehead atoms. The zero-order valence-electron chi connectivity index (χ0n) is 16.2. The predicted octanol–water partition coefficient (Wildman–Crippen LogP) is 5.23. The summed E-state index contributed by atoms with van der Waals surface area (Å²) in [5.41, 5.74) is 2.68. The van der Waals surface area contributed by atoms with E-state index in [1.807, 2.05) is 0 Å². The Morgan fingerprint density at radius 3 is 1.83 bits per heavy atom. The third kappa shape index (κ3) is 4.63. The molecule has 1 aliphatic rings. The highest BCUT2D eigenvalue weighted by molar-refractivity contribution is 5.36. The van der Waals surface area contributed by atoms with Crippen molar-refractivity contribution in [2.24, 2.45) is 0 Å². The Balaban J connectivity index is 1.43. The summed E-state index contributed by atoms with van der Waals surface area (Å²) in [7, 11) is 0. The molecular weight excluding hydrogens is 364 g/mol. The summed E-state index contributed by atoms with van der Waals surface area (Å²) in [4.78, 5) is 12.9. The van der Waals surface area contributed by atoms with Crippen molar-refractivity contribution in [1.82, 2.24) is 4.90 Å². The Hall–Kier alpha value is -3.18. The summed E-state index contributed by atoms with van der Waals surface area (Å²) in [6.07, 6.45) is 1.97. The highest BCUT2D eigenvalue weighted by Crippen LogP contribution is 2.32. The Bertz CT molecular complexity index is 882. The first-order chi connectivity index (χ1) is 14.2. The van der Waals surface area contributed by atoms with Gasteiger partial charge in [-0.15, -0.1) is 0 Å². The van der Waals surface area contributed by atoms with E-state index in [2.05, 4.69) is 65.6 Å². The van der Waals surface area contributed by atoms with Gasteiger partial charge in [-0.25, -0.2) is 0 Å². The molecule has 148 valence electrons. The van der Waals surface area contributed by atoms with E-state index in [0.29, 0.717) is 5.75 Å². The van der Waals surface area contributed by atoms with Crippen molar-refractivity contribution in [2.75, 3.05) is 13.1 Å². The number of piperidine rings is 1. The van der Waals surface area contributed by atoms with Crippen LogP contribution < -0.4 is 4.74 Å². The highest BCUT2D eigenvalue weighted by atomic mass is 16.6. The fraction of sp³-hybridized carbons (Fsp3) is 0.250. The van der Waals surface area contributed by atoms with Crippen LogP contribution in [0, 0.1) is 10.1 Å². The maximum absolute atomic E-state index is 10.8. The number of non-ortho nitro benzene ring substituents is 1. The van der Waals surface area contributed by atoms with Crippen LogP contribution in [0.4, 0.5) is 5.69 Å². The molecule has 29 heavy (non-hydrogen) atoms. The predicted molar refractivity (Wildman–Crippen MR) is 113 cm³/mol. The zero-order valence-corrected chi connectivity index (χ0v) is 16.2. The molecule has 0 spiro atoms. The van der Waals surface area contributed by atoms with Crippen molar-refractivity contribution in [3.63, 3.8) is 0 Å². The first-order valence-electron chi connectivity index (χ1n) is 9.96. The lowest BCUT2D eigenvalue weighted by molar-refractivity contribution is -0.384. The van der Waals surface area contributed by atoms with Gasteiger partial charge < -0.3 is 4.74 Å². The van der Waals surface area contributed by atoms with Crippen LogP contribution >= 0.6 is 0 Å². The smallest absolute Gasteiger partial charge is 0.269 e. The second kappa shape index (κ2) is 8.88. The van der Waals surface area contributed by atoms with Crippen molar-refractivity contribution in [3.8, 4) is 5.75 Å². The maximum Gasteiger partial charge on any atom is 0.269 e.